The number of hydrogen-bond donors (Lipinski definition) is 2. The quantitative estimate of drug-likeness (QED) is 0.339. The van der Waals surface area contributed by atoms with Crippen LogP contribution in [0.5, 0.6) is 0 Å². The number of carbonyl (C=O) groups is 2. The first kappa shape index (κ1) is 30.2. The second kappa shape index (κ2) is 10.7. The summed E-state index contributed by atoms with van der Waals surface area (Å²) in [6, 6.07) is 4.35. The van der Waals surface area contributed by atoms with Gasteiger partial charge in [0, 0.05) is 5.56 Å². The standard InChI is InChI=1S/C22H16BrF9N4O3/c1-10-4-11(2-3-13(10)18(38)33-8-17(37)34-9-20(24,25)26)14-7-19(39-36-14,22(30,31)32)15-5-12(21(27,28)29)6-16(23)35-15/h2-6H,7-9H2,1H3,(H,33,38)(H,34,37)/t19-/m1/s1. The summed E-state index contributed by atoms with van der Waals surface area (Å²) in [6.45, 7) is -0.975. The molecule has 39 heavy (non-hydrogen) atoms. The van der Waals surface area contributed by atoms with Gasteiger partial charge >= 0.3 is 18.5 Å². The average molecular weight is 635 g/mol. The van der Waals surface area contributed by atoms with Crippen molar-refractivity contribution in [1.82, 2.24) is 15.6 Å². The van der Waals surface area contributed by atoms with E-state index in [-0.39, 0.29) is 28.5 Å². The highest BCUT2D eigenvalue weighted by atomic mass is 79.9. The fourth-order valence-electron chi connectivity index (χ4n) is 3.51. The van der Waals surface area contributed by atoms with Crippen molar-refractivity contribution in [3.05, 3.63) is 62.9 Å². The lowest BCUT2D eigenvalue weighted by molar-refractivity contribution is -0.277. The Morgan fingerprint density at radius 2 is 1.69 bits per heavy atom. The highest BCUT2D eigenvalue weighted by Crippen LogP contribution is 2.49. The number of hydrogen-bond acceptors (Lipinski definition) is 5. The third-order valence-corrected chi connectivity index (χ3v) is 5.83. The molecule has 3 rings (SSSR count). The molecule has 2 amide bonds. The van der Waals surface area contributed by atoms with Crippen LogP contribution in [-0.2, 0) is 21.4 Å². The molecule has 1 aliphatic rings. The molecule has 0 radical (unpaired) electrons. The van der Waals surface area contributed by atoms with Crippen LogP contribution in [-0.4, -0.2) is 48.0 Å². The van der Waals surface area contributed by atoms with Crippen LogP contribution < -0.4 is 10.6 Å². The molecule has 1 aromatic heterocycles. The molecule has 17 heteroatoms. The molecular formula is C22H16BrF9N4O3. The van der Waals surface area contributed by atoms with Crippen LogP contribution in [0.2, 0.25) is 0 Å². The van der Waals surface area contributed by atoms with Gasteiger partial charge in [0.1, 0.15) is 11.1 Å². The van der Waals surface area contributed by atoms with Gasteiger partial charge in [-0.05, 0) is 58.2 Å². The summed E-state index contributed by atoms with van der Waals surface area (Å²) in [4.78, 5) is 32.1. The van der Waals surface area contributed by atoms with E-state index in [0.717, 1.165) is 0 Å². The van der Waals surface area contributed by atoms with Gasteiger partial charge in [-0.1, -0.05) is 11.2 Å². The van der Waals surface area contributed by atoms with Crippen LogP contribution in [0, 0.1) is 6.92 Å². The largest absolute Gasteiger partial charge is 0.437 e. The number of halogens is 10. The number of benzene rings is 1. The zero-order valence-electron chi connectivity index (χ0n) is 19.4. The van der Waals surface area contributed by atoms with Crippen molar-refractivity contribution in [2.24, 2.45) is 5.16 Å². The Balaban J connectivity index is 1.81. The third kappa shape index (κ3) is 6.99. The van der Waals surface area contributed by atoms with Crippen LogP contribution in [0.15, 0.2) is 40.1 Å². The summed E-state index contributed by atoms with van der Waals surface area (Å²) in [5, 5.41) is 7.14. The average Bonchev–Trinajstić information content (AvgIpc) is 3.27. The van der Waals surface area contributed by atoms with Gasteiger partial charge in [0.05, 0.1) is 29.9 Å². The minimum absolute atomic E-state index is 0.0455. The molecule has 2 heterocycles. The Morgan fingerprint density at radius 1 is 1.03 bits per heavy atom. The van der Waals surface area contributed by atoms with Crippen molar-refractivity contribution in [1.29, 1.82) is 0 Å². The van der Waals surface area contributed by atoms with Gasteiger partial charge in [-0.15, -0.1) is 0 Å². The molecule has 212 valence electrons. The zero-order valence-corrected chi connectivity index (χ0v) is 21.0. The Bertz CT molecular complexity index is 1310. The van der Waals surface area contributed by atoms with Crippen molar-refractivity contribution in [3.8, 4) is 0 Å². The summed E-state index contributed by atoms with van der Waals surface area (Å²) in [7, 11) is 0. The predicted molar refractivity (Wildman–Crippen MR) is 119 cm³/mol. The molecule has 2 N–H and O–H groups in total. The normalized spacial score (nSPS) is 17.9. The minimum Gasteiger partial charge on any atom is -0.372 e. The lowest BCUT2D eigenvalue weighted by atomic mass is 9.88. The number of oxime groups is 1. The van der Waals surface area contributed by atoms with Gasteiger partial charge in [0.2, 0.25) is 5.91 Å². The molecule has 1 atom stereocenters. The smallest absolute Gasteiger partial charge is 0.372 e. The van der Waals surface area contributed by atoms with Gasteiger partial charge in [-0.3, -0.25) is 9.59 Å². The van der Waals surface area contributed by atoms with Crippen molar-refractivity contribution in [2.75, 3.05) is 13.1 Å². The van der Waals surface area contributed by atoms with Gasteiger partial charge in [-0.25, -0.2) is 4.98 Å². The van der Waals surface area contributed by atoms with Crippen molar-refractivity contribution < 1.29 is 53.9 Å². The Hall–Kier alpha value is -3.37. The first-order valence-corrected chi connectivity index (χ1v) is 11.4. The van der Waals surface area contributed by atoms with E-state index in [1.165, 1.54) is 25.1 Å². The summed E-state index contributed by atoms with van der Waals surface area (Å²) in [5.41, 5.74) is -5.92. The van der Waals surface area contributed by atoms with Crippen LogP contribution in [0.1, 0.15) is 39.2 Å². The van der Waals surface area contributed by atoms with E-state index in [0.29, 0.717) is 6.07 Å². The van der Waals surface area contributed by atoms with E-state index < -0.39 is 71.3 Å². The molecule has 0 saturated carbocycles. The number of amides is 2. The van der Waals surface area contributed by atoms with Crippen molar-refractivity contribution >= 4 is 33.5 Å². The summed E-state index contributed by atoms with van der Waals surface area (Å²) in [6.07, 6.45) is -15.9. The molecule has 0 unspecified atom stereocenters. The van der Waals surface area contributed by atoms with Gasteiger partial charge in [0.25, 0.3) is 11.5 Å². The number of pyridine rings is 1. The highest BCUT2D eigenvalue weighted by molar-refractivity contribution is 9.10. The second-order valence-corrected chi connectivity index (χ2v) is 9.11. The number of nitrogens with zero attached hydrogens (tertiary/aromatic N) is 2. The number of rotatable bonds is 6. The Kier molecular flexibility index (Phi) is 8.24. The maximum atomic E-state index is 14.2. The van der Waals surface area contributed by atoms with Crippen LogP contribution in [0.3, 0.4) is 0 Å². The summed E-state index contributed by atoms with van der Waals surface area (Å²) < 4.78 is 118. The van der Waals surface area contributed by atoms with Crippen LogP contribution >= 0.6 is 15.9 Å². The molecule has 1 aliphatic heterocycles. The Labute approximate surface area is 221 Å². The van der Waals surface area contributed by atoms with E-state index in [1.807, 2.05) is 0 Å². The molecular weight excluding hydrogens is 619 g/mol. The second-order valence-electron chi connectivity index (χ2n) is 8.30. The molecule has 0 spiro atoms. The lowest BCUT2D eigenvalue weighted by Crippen LogP contribution is -2.43. The maximum Gasteiger partial charge on any atom is 0.437 e. The summed E-state index contributed by atoms with van der Waals surface area (Å²) >= 11 is 2.69. The van der Waals surface area contributed by atoms with E-state index in [1.54, 1.807) is 5.32 Å². The zero-order chi connectivity index (χ0) is 29.4. The molecule has 0 fully saturated rings. The first-order valence-electron chi connectivity index (χ1n) is 10.6. The van der Waals surface area contributed by atoms with E-state index in [9.17, 15) is 49.1 Å². The monoisotopic (exact) mass is 634 g/mol. The van der Waals surface area contributed by atoms with Gasteiger partial charge in [0.15, 0.2) is 0 Å². The fourth-order valence-corrected chi connectivity index (χ4v) is 3.94. The first-order chi connectivity index (χ1) is 17.8. The van der Waals surface area contributed by atoms with E-state index >= 15 is 0 Å². The fraction of sp³-hybridized carbons (Fsp3) is 0.364. The third-order valence-electron chi connectivity index (χ3n) is 5.42. The highest BCUT2D eigenvalue weighted by Gasteiger charge is 2.63. The van der Waals surface area contributed by atoms with Gasteiger partial charge < -0.3 is 15.5 Å². The van der Waals surface area contributed by atoms with E-state index in [4.69, 9.17) is 4.84 Å². The maximum absolute atomic E-state index is 14.2. The number of alkyl halides is 9. The number of carbonyl (C=O) groups excluding carboxylic acids is 2. The Morgan fingerprint density at radius 3 is 2.26 bits per heavy atom. The SMILES string of the molecule is Cc1cc(C2=NO[C@](c3cc(C(F)(F)F)cc(Br)n3)(C(F)(F)F)C2)ccc1C(=O)NCC(=O)NCC(F)(F)F. The molecule has 0 bridgehead atoms. The predicted octanol–water partition coefficient (Wildman–Crippen LogP) is 5.16. The van der Waals surface area contributed by atoms with Gasteiger partial charge in [-0.2, -0.15) is 39.5 Å². The topological polar surface area (TPSA) is 92.7 Å². The number of aryl methyl sites for hydroxylation is 1. The minimum atomic E-state index is -5.24. The molecule has 7 nitrogen and oxygen atoms in total. The number of aromatic nitrogens is 1. The molecule has 0 aliphatic carbocycles. The summed E-state index contributed by atoms with van der Waals surface area (Å²) in [5.74, 6) is -1.96. The van der Waals surface area contributed by atoms with Crippen molar-refractivity contribution in [3.63, 3.8) is 0 Å². The van der Waals surface area contributed by atoms with Crippen LogP contribution in [0.25, 0.3) is 0 Å². The van der Waals surface area contributed by atoms with Crippen molar-refractivity contribution in [2.45, 2.75) is 37.5 Å². The van der Waals surface area contributed by atoms with E-state index in [2.05, 4.69) is 31.4 Å². The van der Waals surface area contributed by atoms with Crippen LogP contribution in [0.4, 0.5) is 39.5 Å². The molecule has 2 aromatic rings. The number of nitrogens with one attached hydrogen (secondary N) is 2. The molecule has 0 saturated heterocycles. The lowest BCUT2D eigenvalue weighted by Gasteiger charge is -2.29. The molecule has 1 aromatic carbocycles.